The van der Waals surface area contributed by atoms with Gasteiger partial charge in [-0.2, -0.15) is 0 Å². The summed E-state index contributed by atoms with van der Waals surface area (Å²) < 4.78 is 7.75. The van der Waals surface area contributed by atoms with Crippen LogP contribution in [0.1, 0.15) is 18.9 Å². The predicted octanol–water partition coefficient (Wildman–Crippen LogP) is 2.84. The highest BCUT2D eigenvalue weighted by Crippen LogP contribution is 2.14. The van der Waals surface area contributed by atoms with Gasteiger partial charge >= 0.3 is 0 Å². The van der Waals surface area contributed by atoms with Crippen LogP contribution in [0.25, 0.3) is 0 Å². The van der Waals surface area contributed by atoms with Crippen LogP contribution in [0.2, 0.25) is 0 Å². The highest BCUT2D eigenvalue weighted by Gasteiger charge is 2.04. The van der Waals surface area contributed by atoms with Crippen molar-refractivity contribution in [3.05, 3.63) is 48.5 Å². The third kappa shape index (κ3) is 5.23. The second kappa shape index (κ2) is 7.84. The zero-order valence-corrected chi connectivity index (χ0v) is 13.2. The van der Waals surface area contributed by atoms with Gasteiger partial charge in [-0.25, -0.2) is 4.98 Å². The van der Waals surface area contributed by atoms with Crippen LogP contribution in [-0.2, 0) is 13.0 Å². The summed E-state index contributed by atoms with van der Waals surface area (Å²) in [6.07, 6.45) is 7.81. The zero-order valence-electron chi connectivity index (χ0n) is 13.2. The zero-order chi connectivity index (χ0) is 15.1. The van der Waals surface area contributed by atoms with Crippen LogP contribution < -0.4 is 4.74 Å². The highest BCUT2D eigenvalue weighted by atomic mass is 16.5. The normalized spacial score (nSPS) is 12.6. The molecule has 0 radical (unpaired) electrons. The molecule has 114 valence electrons. The molecule has 0 aliphatic carbocycles. The molecule has 1 aromatic carbocycles. The molecule has 1 heterocycles. The first-order valence-corrected chi connectivity index (χ1v) is 7.49. The monoisotopic (exact) mass is 287 g/mol. The molecule has 0 amide bonds. The molecular weight excluding hydrogens is 262 g/mol. The molecule has 0 saturated carbocycles. The Balaban J connectivity index is 1.73. The molecule has 0 fully saturated rings. The summed E-state index contributed by atoms with van der Waals surface area (Å²) in [5, 5.41) is 0. The minimum absolute atomic E-state index is 0.608. The van der Waals surface area contributed by atoms with E-state index in [0.717, 1.165) is 18.7 Å². The molecule has 0 aliphatic heterocycles. The first-order chi connectivity index (χ1) is 10.1. The van der Waals surface area contributed by atoms with Crippen LogP contribution in [0.4, 0.5) is 0 Å². The number of ether oxygens (including phenoxy) is 1. The minimum atomic E-state index is 0.608. The summed E-state index contributed by atoms with van der Waals surface area (Å²) in [6, 6.07) is 9.05. The van der Waals surface area contributed by atoms with Gasteiger partial charge in [-0.15, -0.1) is 0 Å². The lowest BCUT2D eigenvalue weighted by molar-refractivity contribution is 0.297. The van der Waals surface area contributed by atoms with Gasteiger partial charge in [0.05, 0.1) is 12.9 Å². The van der Waals surface area contributed by atoms with E-state index in [4.69, 9.17) is 4.74 Å². The first-order valence-electron chi connectivity index (χ1n) is 7.49. The van der Waals surface area contributed by atoms with Crippen molar-refractivity contribution in [3.63, 3.8) is 0 Å². The van der Waals surface area contributed by atoms with E-state index in [2.05, 4.69) is 55.2 Å². The molecule has 0 saturated heterocycles. The van der Waals surface area contributed by atoms with Crippen molar-refractivity contribution in [2.24, 2.45) is 0 Å². The quantitative estimate of drug-likeness (QED) is 0.748. The predicted molar refractivity (Wildman–Crippen MR) is 85.6 cm³/mol. The van der Waals surface area contributed by atoms with E-state index < -0.39 is 0 Å². The van der Waals surface area contributed by atoms with E-state index in [1.807, 2.05) is 10.8 Å². The average Bonchev–Trinajstić information content (AvgIpc) is 2.99. The number of imidazole rings is 1. The summed E-state index contributed by atoms with van der Waals surface area (Å²) in [7, 11) is 4.25. The van der Waals surface area contributed by atoms with E-state index in [-0.39, 0.29) is 0 Å². The van der Waals surface area contributed by atoms with Crippen molar-refractivity contribution in [1.29, 1.82) is 0 Å². The number of benzene rings is 1. The Kier molecular flexibility index (Phi) is 5.81. The van der Waals surface area contributed by atoms with Gasteiger partial charge in [-0.05, 0) is 51.6 Å². The maximum absolute atomic E-state index is 5.74. The van der Waals surface area contributed by atoms with Crippen molar-refractivity contribution in [3.8, 4) is 5.75 Å². The van der Waals surface area contributed by atoms with Gasteiger partial charge in [0.2, 0.25) is 0 Å². The fourth-order valence-electron chi connectivity index (χ4n) is 2.07. The van der Waals surface area contributed by atoms with Gasteiger partial charge < -0.3 is 14.2 Å². The summed E-state index contributed by atoms with van der Waals surface area (Å²) in [5.41, 5.74) is 1.37. The second-order valence-corrected chi connectivity index (χ2v) is 5.64. The van der Waals surface area contributed by atoms with Gasteiger partial charge in [0.15, 0.2) is 0 Å². The summed E-state index contributed by atoms with van der Waals surface area (Å²) >= 11 is 0. The third-order valence-electron chi connectivity index (χ3n) is 3.83. The molecule has 1 unspecified atom stereocenters. The summed E-state index contributed by atoms with van der Waals surface area (Å²) in [5.74, 6) is 0.930. The fourth-order valence-corrected chi connectivity index (χ4v) is 2.07. The summed E-state index contributed by atoms with van der Waals surface area (Å²) in [6.45, 7) is 3.74. The number of nitrogens with zero attached hydrogens (tertiary/aromatic N) is 3. The highest BCUT2D eigenvalue weighted by molar-refractivity contribution is 5.27. The maximum atomic E-state index is 5.74. The van der Waals surface area contributed by atoms with Crippen LogP contribution in [-0.4, -0.2) is 41.2 Å². The Labute approximate surface area is 127 Å². The van der Waals surface area contributed by atoms with Crippen LogP contribution in [0.15, 0.2) is 43.0 Å². The van der Waals surface area contributed by atoms with E-state index in [0.29, 0.717) is 12.6 Å². The molecule has 0 spiro atoms. The van der Waals surface area contributed by atoms with Crippen molar-refractivity contribution < 1.29 is 4.74 Å². The standard InChI is InChI=1S/C17H25N3O/c1-15(19(2)3)4-5-16-6-8-17(9-7-16)21-13-12-20-11-10-18-14-20/h6-11,14-15H,4-5,12-13H2,1-3H3. The number of rotatable bonds is 8. The molecule has 1 aromatic heterocycles. The van der Waals surface area contributed by atoms with E-state index in [1.54, 1.807) is 12.5 Å². The fraction of sp³-hybridized carbons (Fsp3) is 0.471. The molecule has 4 heteroatoms. The lowest BCUT2D eigenvalue weighted by Gasteiger charge is -2.19. The van der Waals surface area contributed by atoms with Crippen LogP contribution in [0.3, 0.4) is 0 Å². The Morgan fingerprint density at radius 1 is 1.24 bits per heavy atom. The average molecular weight is 287 g/mol. The lowest BCUT2D eigenvalue weighted by atomic mass is 10.1. The van der Waals surface area contributed by atoms with E-state index in [9.17, 15) is 0 Å². The minimum Gasteiger partial charge on any atom is -0.492 e. The van der Waals surface area contributed by atoms with Crippen molar-refractivity contribution in [2.45, 2.75) is 32.4 Å². The topological polar surface area (TPSA) is 30.3 Å². The van der Waals surface area contributed by atoms with E-state index in [1.165, 1.54) is 12.0 Å². The van der Waals surface area contributed by atoms with E-state index >= 15 is 0 Å². The molecular formula is C17H25N3O. The van der Waals surface area contributed by atoms with Crippen molar-refractivity contribution in [2.75, 3.05) is 20.7 Å². The van der Waals surface area contributed by atoms with Crippen LogP contribution in [0, 0.1) is 0 Å². The maximum Gasteiger partial charge on any atom is 0.119 e. The Morgan fingerprint density at radius 2 is 2.00 bits per heavy atom. The van der Waals surface area contributed by atoms with Crippen LogP contribution >= 0.6 is 0 Å². The molecule has 0 N–H and O–H groups in total. The molecule has 2 aromatic rings. The SMILES string of the molecule is CC(CCc1ccc(OCCn2ccnc2)cc1)N(C)C. The molecule has 21 heavy (non-hydrogen) atoms. The number of aromatic nitrogens is 2. The molecule has 1 atom stereocenters. The van der Waals surface area contributed by atoms with Gasteiger partial charge in [-0.1, -0.05) is 12.1 Å². The number of aryl methyl sites for hydroxylation is 1. The van der Waals surface area contributed by atoms with Gasteiger partial charge in [0, 0.05) is 18.4 Å². The lowest BCUT2D eigenvalue weighted by Crippen LogP contribution is -2.24. The number of hydrogen-bond donors (Lipinski definition) is 0. The number of hydrogen-bond acceptors (Lipinski definition) is 3. The second-order valence-electron chi connectivity index (χ2n) is 5.64. The summed E-state index contributed by atoms with van der Waals surface area (Å²) in [4.78, 5) is 6.27. The van der Waals surface area contributed by atoms with Gasteiger partial charge in [0.1, 0.15) is 12.4 Å². The largest absolute Gasteiger partial charge is 0.492 e. The van der Waals surface area contributed by atoms with Crippen LogP contribution in [0.5, 0.6) is 5.75 Å². The Bertz CT molecular complexity index is 505. The molecule has 4 nitrogen and oxygen atoms in total. The Morgan fingerprint density at radius 3 is 2.62 bits per heavy atom. The third-order valence-corrected chi connectivity index (χ3v) is 3.83. The first kappa shape index (κ1) is 15.6. The molecule has 0 aliphatic rings. The Hall–Kier alpha value is -1.81. The smallest absolute Gasteiger partial charge is 0.119 e. The van der Waals surface area contributed by atoms with Crippen molar-refractivity contribution >= 4 is 0 Å². The molecule has 0 bridgehead atoms. The van der Waals surface area contributed by atoms with Gasteiger partial charge in [0.25, 0.3) is 0 Å². The van der Waals surface area contributed by atoms with Crippen molar-refractivity contribution in [1.82, 2.24) is 14.5 Å². The van der Waals surface area contributed by atoms with Gasteiger partial charge in [-0.3, -0.25) is 0 Å². The molecule has 2 rings (SSSR count).